The van der Waals surface area contributed by atoms with Crippen molar-refractivity contribution in [2.45, 2.75) is 54.0 Å². The van der Waals surface area contributed by atoms with Gasteiger partial charge in [0, 0.05) is 36.1 Å². The molecule has 10 heteroatoms. The molecule has 228 valence electrons. The van der Waals surface area contributed by atoms with Crippen molar-refractivity contribution in [3.8, 4) is 11.1 Å². The molecule has 1 amide bonds. The zero-order valence-corrected chi connectivity index (χ0v) is 26.0. The number of aromatic nitrogens is 5. The number of aryl methyl sites for hydroxylation is 1. The maximum atomic E-state index is 13.7. The summed E-state index contributed by atoms with van der Waals surface area (Å²) < 4.78 is 30.4. The summed E-state index contributed by atoms with van der Waals surface area (Å²) in [6.45, 7) is 14.2. The molecule has 0 radical (unpaired) electrons. The summed E-state index contributed by atoms with van der Waals surface area (Å²) in [5.41, 5.74) is 11.6. The lowest BCUT2D eigenvalue weighted by atomic mass is 9.92. The van der Waals surface area contributed by atoms with Crippen molar-refractivity contribution in [2.24, 2.45) is 18.7 Å². The molecule has 8 nitrogen and oxygen atoms in total. The Morgan fingerprint density at radius 3 is 2.37 bits per heavy atom. The van der Waals surface area contributed by atoms with Crippen LogP contribution in [0.2, 0.25) is 0 Å². The van der Waals surface area contributed by atoms with E-state index in [1.165, 1.54) is 12.1 Å². The number of carbonyl (C=O) groups is 1. The number of fused-ring (bicyclic) bond motifs is 2. The third-order valence-corrected chi connectivity index (χ3v) is 6.83. The van der Waals surface area contributed by atoms with Gasteiger partial charge in [-0.15, -0.1) is 0 Å². The molecule has 5 rings (SSSR count). The maximum Gasteiger partial charge on any atom is 0.251 e. The van der Waals surface area contributed by atoms with E-state index < -0.39 is 17.5 Å². The van der Waals surface area contributed by atoms with Gasteiger partial charge in [0.1, 0.15) is 0 Å². The Morgan fingerprint density at radius 1 is 1.07 bits per heavy atom. The molecule has 0 aliphatic heterocycles. The zero-order chi connectivity index (χ0) is 31.8. The van der Waals surface area contributed by atoms with E-state index in [4.69, 9.17) is 10.7 Å². The van der Waals surface area contributed by atoms with Crippen LogP contribution in [0.15, 0.2) is 61.1 Å². The lowest BCUT2D eigenvalue weighted by Crippen LogP contribution is -2.18. The number of benzene rings is 2. The van der Waals surface area contributed by atoms with Crippen molar-refractivity contribution >= 4 is 27.8 Å². The fourth-order valence-corrected chi connectivity index (χ4v) is 4.66. The summed E-state index contributed by atoms with van der Waals surface area (Å²) in [5.74, 6) is -2.04. The van der Waals surface area contributed by atoms with E-state index in [9.17, 15) is 13.6 Å². The Hall–Kier alpha value is -4.60. The highest BCUT2D eigenvalue weighted by Gasteiger charge is 2.23. The van der Waals surface area contributed by atoms with Gasteiger partial charge in [-0.25, -0.2) is 13.8 Å². The second kappa shape index (κ2) is 14.5. The van der Waals surface area contributed by atoms with Gasteiger partial charge in [0.05, 0.1) is 35.7 Å². The first-order chi connectivity index (χ1) is 20.5. The van der Waals surface area contributed by atoms with Gasteiger partial charge in [0.15, 0.2) is 17.3 Å². The van der Waals surface area contributed by atoms with Gasteiger partial charge in [-0.2, -0.15) is 10.2 Å². The van der Waals surface area contributed by atoms with Crippen LogP contribution in [0.3, 0.4) is 0 Å². The average Bonchev–Trinajstić information content (AvgIpc) is 3.57. The van der Waals surface area contributed by atoms with Crippen LogP contribution in [0.25, 0.3) is 33.1 Å². The summed E-state index contributed by atoms with van der Waals surface area (Å²) in [4.78, 5) is 17.4. The Labute approximate surface area is 251 Å². The third-order valence-electron chi connectivity index (χ3n) is 6.83. The van der Waals surface area contributed by atoms with Gasteiger partial charge >= 0.3 is 0 Å². The van der Waals surface area contributed by atoms with Gasteiger partial charge in [-0.1, -0.05) is 53.3 Å². The molecular weight excluding hydrogens is 548 g/mol. The molecule has 43 heavy (non-hydrogen) atoms. The number of rotatable bonds is 8. The predicted molar refractivity (Wildman–Crippen MR) is 170 cm³/mol. The number of nitrogens with one attached hydrogen (secondary N) is 1. The summed E-state index contributed by atoms with van der Waals surface area (Å²) in [5, 5.41) is 13.3. The largest absolute Gasteiger partial charge is 0.392 e. The quantitative estimate of drug-likeness (QED) is 0.208. The van der Waals surface area contributed by atoms with Crippen LogP contribution in [0.1, 0.15) is 62.7 Å². The van der Waals surface area contributed by atoms with Crippen LogP contribution in [-0.2, 0) is 20.0 Å². The molecule has 0 atom stereocenters. The normalized spacial score (nSPS) is 10.7. The van der Waals surface area contributed by atoms with Crippen LogP contribution in [0.5, 0.6) is 0 Å². The number of nitrogens with two attached hydrogens (primary N) is 1. The molecule has 0 aliphatic carbocycles. The monoisotopic (exact) mass is 589 g/mol. The lowest BCUT2D eigenvalue weighted by Gasteiger charge is -2.15. The summed E-state index contributed by atoms with van der Waals surface area (Å²) >= 11 is 0. The molecule has 0 saturated heterocycles. The highest BCUT2D eigenvalue weighted by Crippen LogP contribution is 2.35. The van der Waals surface area contributed by atoms with Gasteiger partial charge in [0.25, 0.3) is 5.91 Å². The summed E-state index contributed by atoms with van der Waals surface area (Å²) in [6.07, 6.45) is 5.02. The maximum absolute atomic E-state index is 13.7. The van der Waals surface area contributed by atoms with E-state index in [1.807, 2.05) is 46.1 Å². The molecular formula is C33H41F2N7O. The van der Waals surface area contributed by atoms with Crippen LogP contribution in [0.4, 0.5) is 8.78 Å². The Balaban J connectivity index is 0.000000566. The van der Waals surface area contributed by atoms with Crippen LogP contribution < -0.4 is 11.1 Å². The van der Waals surface area contributed by atoms with Crippen LogP contribution in [-0.4, -0.2) is 37.5 Å². The average molecular weight is 590 g/mol. The standard InChI is InChI=1S/C26H24F2N6O.C5H11N.C2H6/c1-14(2)8-21-24(25(29)35)23(18-12-30-33(3)26(18)32-21)16-5-7-22-17(10-16)11-31-34(22)13-15-4-6-19(27)20(28)9-15;1-4-5(2)6-3;1-2/h4-7,9-12,14H,8,13H2,1-3H3,(H2,29,35);6H,2,4H2,1,3H3;1-2H3. The number of nitrogens with zero attached hydrogens (tertiary/aromatic N) is 5. The molecule has 0 aliphatic rings. The van der Waals surface area contributed by atoms with Crippen LogP contribution >= 0.6 is 0 Å². The highest BCUT2D eigenvalue weighted by molar-refractivity contribution is 6.09. The van der Waals surface area contributed by atoms with E-state index in [1.54, 1.807) is 21.8 Å². The SMILES string of the molecule is C=C(CC)NC.CC.CC(C)Cc1nc2c(cnn2C)c(-c2ccc3c(cnn3Cc3ccc(F)c(F)c3)c2)c1C(N)=O. The topological polar surface area (TPSA) is 104 Å². The minimum atomic E-state index is -0.893. The number of halogens is 2. The summed E-state index contributed by atoms with van der Waals surface area (Å²) in [7, 11) is 3.69. The number of primary amides is 1. The molecule has 3 aromatic heterocycles. The minimum Gasteiger partial charge on any atom is -0.392 e. The zero-order valence-electron chi connectivity index (χ0n) is 26.0. The molecule has 0 unspecified atom stereocenters. The van der Waals surface area contributed by atoms with Gasteiger partial charge in [-0.05, 0) is 54.2 Å². The molecule has 2 aromatic carbocycles. The first kappa shape index (κ1) is 32.9. The van der Waals surface area contributed by atoms with E-state index in [-0.39, 0.29) is 12.5 Å². The Morgan fingerprint density at radius 2 is 1.79 bits per heavy atom. The fraction of sp³-hybridized carbons (Fsp3) is 0.333. The first-order valence-electron chi connectivity index (χ1n) is 14.4. The number of carbonyl (C=O) groups excluding carboxylic acids is 1. The summed E-state index contributed by atoms with van der Waals surface area (Å²) in [6, 6.07) is 9.55. The number of hydrogen-bond donors (Lipinski definition) is 2. The third kappa shape index (κ3) is 7.43. The van der Waals surface area contributed by atoms with Crippen molar-refractivity contribution in [3.63, 3.8) is 0 Å². The molecule has 0 spiro atoms. The molecule has 5 aromatic rings. The molecule has 3 heterocycles. The highest BCUT2D eigenvalue weighted by atomic mass is 19.2. The predicted octanol–water partition coefficient (Wildman–Crippen LogP) is 6.76. The molecule has 0 bridgehead atoms. The van der Waals surface area contributed by atoms with Crippen molar-refractivity contribution in [2.75, 3.05) is 7.05 Å². The molecule has 0 saturated carbocycles. The van der Waals surface area contributed by atoms with E-state index in [0.29, 0.717) is 34.5 Å². The number of pyridine rings is 1. The number of hydrogen-bond acceptors (Lipinski definition) is 5. The van der Waals surface area contributed by atoms with Crippen LogP contribution in [0, 0.1) is 17.6 Å². The first-order valence-corrected chi connectivity index (χ1v) is 14.4. The molecule has 0 fully saturated rings. The number of amides is 1. The van der Waals surface area contributed by atoms with E-state index in [2.05, 4.69) is 42.9 Å². The minimum absolute atomic E-state index is 0.274. The van der Waals surface area contributed by atoms with E-state index in [0.717, 1.165) is 40.0 Å². The van der Waals surface area contributed by atoms with Gasteiger partial charge < -0.3 is 11.1 Å². The lowest BCUT2D eigenvalue weighted by molar-refractivity contribution is 0.0999. The van der Waals surface area contributed by atoms with Crippen molar-refractivity contribution < 1.29 is 13.6 Å². The number of allylic oxidation sites excluding steroid dienone is 1. The van der Waals surface area contributed by atoms with Crippen molar-refractivity contribution in [1.29, 1.82) is 0 Å². The van der Waals surface area contributed by atoms with Gasteiger partial charge in [0.2, 0.25) is 0 Å². The van der Waals surface area contributed by atoms with Crippen molar-refractivity contribution in [3.05, 3.63) is 89.5 Å². The second-order valence-electron chi connectivity index (χ2n) is 10.3. The Bertz CT molecular complexity index is 1730. The second-order valence-corrected chi connectivity index (χ2v) is 10.3. The van der Waals surface area contributed by atoms with E-state index >= 15 is 0 Å². The van der Waals surface area contributed by atoms with Crippen molar-refractivity contribution in [1.82, 2.24) is 29.9 Å². The molecule has 3 N–H and O–H groups in total. The Kier molecular flexibility index (Phi) is 11.1. The fourth-order valence-electron chi connectivity index (χ4n) is 4.66. The van der Waals surface area contributed by atoms with Gasteiger partial charge in [-0.3, -0.25) is 14.2 Å². The smallest absolute Gasteiger partial charge is 0.251 e.